The van der Waals surface area contributed by atoms with Crippen molar-refractivity contribution in [2.75, 3.05) is 37.7 Å². The topological polar surface area (TPSA) is 70.6 Å². The smallest absolute Gasteiger partial charge is 0.317 e. The predicted octanol–water partition coefficient (Wildman–Crippen LogP) is 2.05. The minimum absolute atomic E-state index is 0.159. The molecule has 2 amide bonds. The first-order valence-electron chi connectivity index (χ1n) is 8.63. The Morgan fingerprint density at radius 2 is 1.96 bits per heavy atom. The number of carbonyl (C=O) groups excluding carboxylic acids is 1. The molecule has 0 spiro atoms. The lowest BCUT2D eigenvalue weighted by Gasteiger charge is -2.34. The Bertz CT molecular complexity index is 736. The van der Waals surface area contributed by atoms with E-state index in [0.717, 1.165) is 0 Å². The molecule has 2 aromatic rings. The highest BCUT2D eigenvalue weighted by molar-refractivity contribution is 5.74. The SMILES string of the molecule is CCOc1ccc(CNC(=O)N2CCN(c3ncccn3)CC2)cc1F. The van der Waals surface area contributed by atoms with Crippen LogP contribution in [0.5, 0.6) is 5.75 Å². The van der Waals surface area contributed by atoms with Crippen LogP contribution in [-0.4, -0.2) is 53.7 Å². The molecule has 0 radical (unpaired) electrons. The van der Waals surface area contributed by atoms with Gasteiger partial charge in [-0.2, -0.15) is 0 Å². The molecule has 0 saturated carbocycles. The van der Waals surface area contributed by atoms with Crippen LogP contribution in [0.3, 0.4) is 0 Å². The van der Waals surface area contributed by atoms with Gasteiger partial charge >= 0.3 is 6.03 Å². The molecule has 8 heteroatoms. The number of ether oxygens (including phenoxy) is 1. The largest absolute Gasteiger partial charge is 0.491 e. The van der Waals surface area contributed by atoms with E-state index in [4.69, 9.17) is 4.74 Å². The highest BCUT2D eigenvalue weighted by atomic mass is 19.1. The number of urea groups is 1. The van der Waals surface area contributed by atoms with Crippen LogP contribution in [0, 0.1) is 5.82 Å². The molecule has 1 aromatic carbocycles. The average molecular weight is 359 g/mol. The van der Waals surface area contributed by atoms with Gasteiger partial charge in [-0.3, -0.25) is 0 Å². The predicted molar refractivity (Wildman–Crippen MR) is 95.6 cm³/mol. The standard InChI is InChI=1S/C18H22FN5O2/c1-2-26-16-5-4-14(12-15(16)19)13-22-18(25)24-10-8-23(9-11-24)17-20-6-3-7-21-17/h3-7,12H,2,8-11,13H2,1H3,(H,22,25). The fraction of sp³-hybridized carbons (Fsp3) is 0.389. The number of benzene rings is 1. The van der Waals surface area contributed by atoms with Crippen molar-refractivity contribution in [3.8, 4) is 5.75 Å². The third-order valence-electron chi connectivity index (χ3n) is 4.14. The average Bonchev–Trinajstić information content (AvgIpc) is 2.69. The van der Waals surface area contributed by atoms with Crippen molar-refractivity contribution in [1.82, 2.24) is 20.2 Å². The molecule has 0 unspecified atom stereocenters. The summed E-state index contributed by atoms with van der Waals surface area (Å²) < 4.78 is 19.0. The quantitative estimate of drug-likeness (QED) is 0.885. The number of anilines is 1. The maximum atomic E-state index is 13.9. The van der Waals surface area contributed by atoms with Crippen LogP contribution in [0.25, 0.3) is 0 Å². The second-order valence-electron chi connectivity index (χ2n) is 5.88. The number of carbonyl (C=O) groups is 1. The molecule has 2 heterocycles. The molecule has 0 atom stereocenters. The maximum Gasteiger partial charge on any atom is 0.317 e. The van der Waals surface area contributed by atoms with Gasteiger partial charge in [0.1, 0.15) is 0 Å². The van der Waals surface area contributed by atoms with E-state index in [0.29, 0.717) is 44.3 Å². The number of amides is 2. The molecular formula is C18H22FN5O2. The molecule has 1 aromatic heterocycles. The van der Waals surface area contributed by atoms with Crippen LogP contribution in [0.4, 0.5) is 15.1 Å². The summed E-state index contributed by atoms with van der Waals surface area (Å²) in [4.78, 5) is 24.6. The van der Waals surface area contributed by atoms with Gasteiger partial charge in [-0.1, -0.05) is 6.07 Å². The summed E-state index contributed by atoms with van der Waals surface area (Å²) in [5.41, 5.74) is 0.690. The van der Waals surface area contributed by atoms with Crippen LogP contribution < -0.4 is 15.0 Å². The molecule has 138 valence electrons. The van der Waals surface area contributed by atoms with Crippen molar-refractivity contribution in [1.29, 1.82) is 0 Å². The van der Waals surface area contributed by atoms with Crippen LogP contribution in [-0.2, 0) is 6.54 Å². The fourth-order valence-electron chi connectivity index (χ4n) is 2.78. The number of hydrogen-bond acceptors (Lipinski definition) is 5. The number of hydrogen-bond donors (Lipinski definition) is 1. The number of aromatic nitrogens is 2. The lowest BCUT2D eigenvalue weighted by molar-refractivity contribution is 0.193. The summed E-state index contributed by atoms with van der Waals surface area (Å²) in [5, 5.41) is 2.83. The van der Waals surface area contributed by atoms with Gasteiger partial charge in [-0.05, 0) is 30.7 Å². The zero-order valence-corrected chi connectivity index (χ0v) is 14.7. The zero-order chi connectivity index (χ0) is 18.4. The summed E-state index contributed by atoms with van der Waals surface area (Å²) in [6.07, 6.45) is 3.41. The monoisotopic (exact) mass is 359 g/mol. The molecule has 1 saturated heterocycles. The van der Waals surface area contributed by atoms with Gasteiger partial charge in [0.2, 0.25) is 5.95 Å². The summed E-state index contributed by atoms with van der Waals surface area (Å²) in [6, 6.07) is 6.33. The molecule has 1 aliphatic heterocycles. The molecule has 7 nitrogen and oxygen atoms in total. The van der Waals surface area contributed by atoms with Crippen molar-refractivity contribution in [2.45, 2.75) is 13.5 Å². The van der Waals surface area contributed by atoms with E-state index in [1.165, 1.54) is 6.07 Å². The van der Waals surface area contributed by atoms with Gasteiger partial charge < -0.3 is 19.9 Å². The summed E-state index contributed by atoms with van der Waals surface area (Å²) in [5.74, 6) is 0.481. The van der Waals surface area contributed by atoms with E-state index >= 15 is 0 Å². The van der Waals surface area contributed by atoms with E-state index in [1.807, 2.05) is 4.90 Å². The first kappa shape index (κ1) is 17.9. The third-order valence-corrected chi connectivity index (χ3v) is 4.14. The Labute approximate surface area is 151 Å². The Balaban J connectivity index is 1.48. The number of nitrogens with one attached hydrogen (secondary N) is 1. The Kier molecular flexibility index (Phi) is 5.83. The molecule has 26 heavy (non-hydrogen) atoms. The van der Waals surface area contributed by atoms with E-state index in [2.05, 4.69) is 15.3 Å². The second kappa shape index (κ2) is 8.46. The molecule has 3 rings (SSSR count). The van der Waals surface area contributed by atoms with E-state index in [9.17, 15) is 9.18 Å². The van der Waals surface area contributed by atoms with Crippen LogP contribution >= 0.6 is 0 Å². The van der Waals surface area contributed by atoms with Gasteiger partial charge in [0.15, 0.2) is 11.6 Å². The number of nitrogens with zero attached hydrogens (tertiary/aromatic N) is 4. The molecule has 0 bridgehead atoms. The molecule has 1 aliphatic rings. The number of halogens is 1. The minimum atomic E-state index is -0.421. The van der Waals surface area contributed by atoms with Crippen LogP contribution in [0.15, 0.2) is 36.7 Å². The Morgan fingerprint density at radius 1 is 1.23 bits per heavy atom. The summed E-state index contributed by atoms with van der Waals surface area (Å²) in [7, 11) is 0. The third kappa shape index (κ3) is 4.38. The number of piperazine rings is 1. The highest BCUT2D eigenvalue weighted by Crippen LogP contribution is 2.18. The van der Waals surface area contributed by atoms with Gasteiger partial charge in [0.05, 0.1) is 6.61 Å². The van der Waals surface area contributed by atoms with Crippen molar-refractivity contribution in [2.24, 2.45) is 0 Å². The first-order valence-corrected chi connectivity index (χ1v) is 8.63. The maximum absolute atomic E-state index is 13.9. The normalized spacial score (nSPS) is 14.2. The zero-order valence-electron chi connectivity index (χ0n) is 14.7. The van der Waals surface area contributed by atoms with Gasteiger partial charge in [-0.15, -0.1) is 0 Å². The van der Waals surface area contributed by atoms with Gasteiger partial charge in [0.25, 0.3) is 0 Å². The minimum Gasteiger partial charge on any atom is -0.491 e. The Morgan fingerprint density at radius 3 is 2.62 bits per heavy atom. The Hall–Kier alpha value is -2.90. The number of rotatable bonds is 5. The molecular weight excluding hydrogens is 337 g/mol. The van der Waals surface area contributed by atoms with Gasteiger partial charge in [0, 0.05) is 45.1 Å². The summed E-state index contributed by atoms with van der Waals surface area (Å²) >= 11 is 0. The van der Waals surface area contributed by atoms with Crippen LogP contribution in [0.1, 0.15) is 12.5 Å². The van der Waals surface area contributed by atoms with E-state index in [-0.39, 0.29) is 18.3 Å². The highest BCUT2D eigenvalue weighted by Gasteiger charge is 2.22. The van der Waals surface area contributed by atoms with E-state index < -0.39 is 5.82 Å². The fourth-order valence-corrected chi connectivity index (χ4v) is 2.78. The molecule has 0 aliphatic carbocycles. The lowest BCUT2D eigenvalue weighted by atomic mass is 10.2. The molecule has 1 N–H and O–H groups in total. The second-order valence-corrected chi connectivity index (χ2v) is 5.88. The molecule has 1 fully saturated rings. The van der Waals surface area contributed by atoms with Crippen molar-refractivity contribution < 1.29 is 13.9 Å². The lowest BCUT2D eigenvalue weighted by Crippen LogP contribution is -2.52. The van der Waals surface area contributed by atoms with Gasteiger partial charge in [-0.25, -0.2) is 19.2 Å². The van der Waals surface area contributed by atoms with Crippen molar-refractivity contribution >= 4 is 12.0 Å². The first-order chi connectivity index (χ1) is 12.7. The van der Waals surface area contributed by atoms with Crippen molar-refractivity contribution in [3.63, 3.8) is 0 Å². The van der Waals surface area contributed by atoms with Crippen molar-refractivity contribution in [3.05, 3.63) is 48.0 Å². The van der Waals surface area contributed by atoms with Crippen LogP contribution in [0.2, 0.25) is 0 Å². The summed E-state index contributed by atoms with van der Waals surface area (Å²) in [6.45, 7) is 5.00. The van der Waals surface area contributed by atoms with E-state index in [1.54, 1.807) is 42.4 Å².